The Balaban J connectivity index is 1.82. The van der Waals surface area contributed by atoms with Crippen LogP contribution in [0.1, 0.15) is 27.0 Å². The van der Waals surface area contributed by atoms with E-state index in [-0.39, 0.29) is 12.4 Å². The number of hydrogen-bond donors (Lipinski definition) is 1. The molecule has 0 aliphatic rings. The number of ether oxygens (including phenoxy) is 1. The van der Waals surface area contributed by atoms with E-state index in [1.165, 1.54) is 18.2 Å². The number of nitrogens with zero attached hydrogens (tertiary/aromatic N) is 1. The fraction of sp³-hybridized carbons (Fsp3) is 0.143. The van der Waals surface area contributed by atoms with E-state index in [2.05, 4.69) is 4.98 Å². The van der Waals surface area contributed by atoms with E-state index in [0.29, 0.717) is 22.4 Å². The average Bonchev–Trinajstić information content (AvgIpc) is 2.66. The first-order valence-corrected chi connectivity index (χ1v) is 8.40. The second-order valence-corrected chi connectivity index (χ2v) is 6.23. The third-order valence-electron chi connectivity index (χ3n) is 4.20. The molecule has 3 aromatic rings. The van der Waals surface area contributed by atoms with E-state index in [0.717, 1.165) is 11.6 Å². The molecule has 0 fully saturated rings. The number of nitrogens with two attached hydrogens (primary N) is 1. The molecule has 28 heavy (non-hydrogen) atoms. The van der Waals surface area contributed by atoms with Gasteiger partial charge in [0, 0.05) is 17.3 Å². The third-order valence-corrected chi connectivity index (χ3v) is 4.20. The number of benzene rings is 2. The van der Waals surface area contributed by atoms with Crippen LogP contribution >= 0.6 is 0 Å². The number of halogens is 3. The molecule has 0 atom stereocenters. The summed E-state index contributed by atoms with van der Waals surface area (Å²) < 4.78 is 44.6. The Labute approximate surface area is 159 Å². The molecule has 0 saturated heterocycles. The van der Waals surface area contributed by atoms with Crippen LogP contribution in [0.2, 0.25) is 0 Å². The first-order valence-electron chi connectivity index (χ1n) is 8.40. The quantitative estimate of drug-likeness (QED) is 0.688. The summed E-state index contributed by atoms with van der Waals surface area (Å²) >= 11 is 0. The fourth-order valence-electron chi connectivity index (χ4n) is 2.81. The van der Waals surface area contributed by atoms with Crippen LogP contribution in [-0.4, -0.2) is 10.9 Å². The summed E-state index contributed by atoms with van der Waals surface area (Å²) in [6.45, 7) is 1.73. The minimum Gasteiger partial charge on any atom is -0.488 e. The van der Waals surface area contributed by atoms with Crippen molar-refractivity contribution < 1.29 is 22.7 Å². The molecule has 4 nitrogen and oxygen atoms in total. The van der Waals surface area contributed by atoms with Crippen LogP contribution in [0.4, 0.5) is 13.2 Å². The van der Waals surface area contributed by atoms with Crippen LogP contribution in [0.5, 0.6) is 5.75 Å². The summed E-state index contributed by atoms with van der Waals surface area (Å²) in [5, 5.41) is 0. The van der Waals surface area contributed by atoms with Crippen LogP contribution < -0.4 is 10.5 Å². The van der Waals surface area contributed by atoms with E-state index >= 15 is 0 Å². The van der Waals surface area contributed by atoms with Gasteiger partial charge in [-0.25, -0.2) is 0 Å². The summed E-state index contributed by atoms with van der Waals surface area (Å²) in [7, 11) is 0. The molecule has 0 aliphatic heterocycles. The molecule has 2 N–H and O–H groups in total. The molecule has 0 aliphatic carbocycles. The van der Waals surface area contributed by atoms with Crippen LogP contribution in [0, 0.1) is 6.92 Å². The van der Waals surface area contributed by atoms with Crippen LogP contribution in [0.3, 0.4) is 0 Å². The van der Waals surface area contributed by atoms with Crippen molar-refractivity contribution >= 4 is 5.91 Å². The summed E-state index contributed by atoms with van der Waals surface area (Å²) in [6, 6.07) is 13.6. The van der Waals surface area contributed by atoms with E-state index in [4.69, 9.17) is 10.5 Å². The lowest BCUT2D eigenvalue weighted by Gasteiger charge is -2.14. The van der Waals surface area contributed by atoms with Crippen molar-refractivity contribution in [1.29, 1.82) is 0 Å². The molecule has 144 valence electrons. The second-order valence-electron chi connectivity index (χ2n) is 6.23. The van der Waals surface area contributed by atoms with Gasteiger partial charge in [-0.1, -0.05) is 18.2 Å². The number of pyridine rings is 1. The minimum atomic E-state index is -4.49. The van der Waals surface area contributed by atoms with E-state index < -0.39 is 17.6 Å². The Morgan fingerprint density at radius 3 is 2.54 bits per heavy atom. The highest BCUT2D eigenvalue weighted by Crippen LogP contribution is 2.36. The van der Waals surface area contributed by atoms with Gasteiger partial charge in [-0.05, 0) is 54.4 Å². The van der Waals surface area contributed by atoms with Gasteiger partial charge in [0.1, 0.15) is 12.4 Å². The lowest BCUT2D eigenvalue weighted by atomic mass is 10.0. The maximum Gasteiger partial charge on any atom is 0.419 e. The molecule has 0 bridgehead atoms. The number of carbonyl (C=O) groups is 1. The van der Waals surface area contributed by atoms with Gasteiger partial charge >= 0.3 is 6.18 Å². The highest BCUT2D eigenvalue weighted by atomic mass is 19.4. The average molecular weight is 386 g/mol. The molecular formula is C21H17F3N2O2. The Morgan fingerprint density at radius 2 is 1.86 bits per heavy atom. The van der Waals surface area contributed by atoms with Crippen molar-refractivity contribution in [2.45, 2.75) is 19.7 Å². The van der Waals surface area contributed by atoms with Gasteiger partial charge in [-0.15, -0.1) is 0 Å². The predicted octanol–water partition coefficient (Wildman–Crippen LogP) is 4.75. The van der Waals surface area contributed by atoms with Crippen molar-refractivity contribution in [1.82, 2.24) is 4.98 Å². The zero-order valence-electron chi connectivity index (χ0n) is 15.0. The Bertz CT molecular complexity index is 1020. The number of rotatable bonds is 5. The standard InChI is InChI=1S/C21H17F3N2O2/c1-13-10-15(6-7-16(13)20(25)27)18-11-14(8-9-26-18)12-28-19-5-3-2-4-17(19)21(22,23)24/h2-11H,12H2,1H3,(H2,25,27). The third kappa shape index (κ3) is 4.31. The number of aromatic nitrogens is 1. The molecule has 2 aromatic carbocycles. The highest BCUT2D eigenvalue weighted by Gasteiger charge is 2.34. The smallest absolute Gasteiger partial charge is 0.419 e. The SMILES string of the molecule is Cc1cc(-c2cc(COc3ccccc3C(F)(F)F)ccn2)ccc1C(N)=O. The molecule has 7 heteroatoms. The van der Waals surface area contributed by atoms with Crippen LogP contribution in [0.15, 0.2) is 60.8 Å². The minimum absolute atomic E-state index is 0.0407. The zero-order chi connectivity index (χ0) is 20.3. The zero-order valence-corrected chi connectivity index (χ0v) is 15.0. The first kappa shape index (κ1) is 19.4. The molecule has 0 unspecified atom stereocenters. The number of amides is 1. The summed E-state index contributed by atoms with van der Waals surface area (Å²) in [5.74, 6) is -0.738. The number of hydrogen-bond acceptors (Lipinski definition) is 3. The summed E-state index contributed by atoms with van der Waals surface area (Å²) in [4.78, 5) is 15.6. The van der Waals surface area contributed by atoms with Crippen molar-refractivity contribution in [2.75, 3.05) is 0 Å². The molecule has 0 saturated carbocycles. The number of primary amides is 1. The van der Waals surface area contributed by atoms with Crippen LogP contribution in [-0.2, 0) is 12.8 Å². The van der Waals surface area contributed by atoms with Gasteiger partial charge in [0.2, 0.25) is 5.91 Å². The molecule has 3 rings (SSSR count). The second kappa shape index (κ2) is 7.72. The Morgan fingerprint density at radius 1 is 1.11 bits per heavy atom. The molecular weight excluding hydrogens is 369 g/mol. The maximum absolute atomic E-state index is 13.1. The fourth-order valence-corrected chi connectivity index (χ4v) is 2.81. The van der Waals surface area contributed by atoms with Gasteiger partial charge in [0.25, 0.3) is 0 Å². The predicted molar refractivity (Wildman–Crippen MR) is 98.7 cm³/mol. The van der Waals surface area contributed by atoms with Gasteiger partial charge in [-0.3, -0.25) is 9.78 Å². The summed E-state index contributed by atoms with van der Waals surface area (Å²) in [6.07, 6.45) is -2.93. The maximum atomic E-state index is 13.1. The van der Waals surface area contributed by atoms with Crippen molar-refractivity contribution in [3.63, 3.8) is 0 Å². The van der Waals surface area contributed by atoms with Crippen molar-refractivity contribution in [2.24, 2.45) is 5.73 Å². The Kier molecular flexibility index (Phi) is 5.35. The van der Waals surface area contributed by atoms with E-state index in [1.807, 2.05) is 0 Å². The van der Waals surface area contributed by atoms with Gasteiger partial charge < -0.3 is 10.5 Å². The van der Waals surface area contributed by atoms with Gasteiger partial charge in [0.15, 0.2) is 0 Å². The Hall–Kier alpha value is -3.35. The molecule has 0 spiro atoms. The van der Waals surface area contributed by atoms with Crippen molar-refractivity contribution in [3.05, 3.63) is 83.0 Å². The lowest BCUT2D eigenvalue weighted by Crippen LogP contribution is -2.12. The number of para-hydroxylation sites is 1. The van der Waals surface area contributed by atoms with E-state index in [9.17, 15) is 18.0 Å². The number of aryl methyl sites for hydroxylation is 1. The number of alkyl halides is 3. The monoisotopic (exact) mass is 386 g/mol. The molecule has 0 radical (unpaired) electrons. The van der Waals surface area contributed by atoms with E-state index in [1.54, 1.807) is 43.5 Å². The lowest BCUT2D eigenvalue weighted by molar-refractivity contribution is -0.139. The largest absolute Gasteiger partial charge is 0.488 e. The van der Waals surface area contributed by atoms with Crippen molar-refractivity contribution in [3.8, 4) is 17.0 Å². The molecule has 1 amide bonds. The molecule has 1 aromatic heterocycles. The van der Waals surface area contributed by atoms with Crippen LogP contribution in [0.25, 0.3) is 11.3 Å². The van der Waals surface area contributed by atoms with Gasteiger partial charge in [0.05, 0.1) is 11.3 Å². The number of carbonyl (C=O) groups excluding carboxylic acids is 1. The molecule has 1 heterocycles. The summed E-state index contributed by atoms with van der Waals surface area (Å²) in [5.41, 5.74) is 7.68. The normalized spacial score (nSPS) is 11.3. The first-order chi connectivity index (χ1) is 13.3. The van der Waals surface area contributed by atoms with Gasteiger partial charge in [-0.2, -0.15) is 13.2 Å². The highest BCUT2D eigenvalue weighted by molar-refractivity contribution is 5.94. The topological polar surface area (TPSA) is 65.2 Å².